The van der Waals surface area contributed by atoms with Gasteiger partial charge >= 0.3 is 6.18 Å². The van der Waals surface area contributed by atoms with E-state index in [4.69, 9.17) is 0 Å². The van der Waals surface area contributed by atoms with Crippen LogP contribution in [0, 0.1) is 5.92 Å². The maximum absolute atomic E-state index is 11.8. The van der Waals surface area contributed by atoms with Crippen molar-refractivity contribution < 1.29 is 18.0 Å². The Labute approximate surface area is 92.2 Å². The molecule has 1 fully saturated rings. The van der Waals surface area contributed by atoms with Crippen molar-refractivity contribution in [3.05, 3.63) is 0 Å². The summed E-state index contributed by atoms with van der Waals surface area (Å²) in [5.41, 5.74) is 0. The molecule has 1 heterocycles. The molecule has 0 spiro atoms. The third-order valence-corrected chi connectivity index (χ3v) is 2.17. The molecule has 1 aliphatic heterocycles. The molecule has 1 rings (SSSR count). The number of amides is 1. The number of alkyl halides is 3. The molecule has 0 aromatic carbocycles. The molecular formula is C8H14ClF3N2O. The van der Waals surface area contributed by atoms with Crippen molar-refractivity contribution in [1.82, 2.24) is 10.6 Å². The van der Waals surface area contributed by atoms with E-state index in [-0.39, 0.29) is 18.3 Å². The first kappa shape index (κ1) is 14.5. The molecular weight excluding hydrogens is 233 g/mol. The summed E-state index contributed by atoms with van der Waals surface area (Å²) in [5.74, 6) is -0.748. The van der Waals surface area contributed by atoms with E-state index in [9.17, 15) is 18.0 Å². The average Bonchev–Trinajstić information content (AvgIpc) is 2.14. The van der Waals surface area contributed by atoms with E-state index in [0.29, 0.717) is 25.9 Å². The standard InChI is InChI=1S/C8H13F3N2O.ClH/c9-8(10,11)5-13-7(14)6-1-3-12-4-2-6;/h6,12H,1-5H2,(H,13,14);1H. The Morgan fingerprint density at radius 1 is 1.33 bits per heavy atom. The maximum atomic E-state index is 11.8. The van der Waals surface area contributed by atoms with Gasteiger partial charge in [0.25, 0.3) is 0 Å². The fourth-order valence-electron chi connectivity index (χ4n) is 1.42. The van der Waals surface area contributed by atoms with Crippen molar-refractivity contribution in [1.29, 1.82) is 0 Å². The lowest BCUT2D eigenvalue weighted by molar-refractivity contribution is -0.141. The molecule has 3 nitrogen and oxygen atoms in total. The highest BCUT2D eigenvalue weighted by Crippen LogP contribution is 2.15. The third-order valence-electron chi connectivity index (χ3n) is 2.17. The normalized spacial score (nSPS) is 18.1. The fraction of sp³-hybridized carbons (Fsp3) is 0.875. The number of carbonyl (C=O) groups excluding carboxylic acids is 1. The lowest BCUT2D eigenvalue weighted by Gasteiger charge is -2.22. The summed E-state index contributed by atoms with van der Waals surface area (Å²) in [7, 11) is 0. The zero-order chi connectivity index (χ0) is 10.6. The molecule has 7 heteroatoms. The van der Waals surface area contributed by atoms with Gasteiger partial charge in [0.2, 0.25) is 5.91 Å². The number of rotatable bonds is 2. The molecule has 0 radical (unpaired) electrons. The van der Waals surface area contributed by atoms with Gasteiger partial charge in [-0.2, -0.15) is 13.2 Å². The molecule has 0 atom stereocenters. The van der Waals surface area contributed by atoms with Crippen LogP contribution in [0.3, 0.4) is 0 Å². The SMILES string of the molecule is Cl.O=C(NCC(F)(F)F)C1CCNCC1. The van der Waals surface area contributed by atoms with Gasteiger partial charge in [-0.15, -0.1) is 12.4 Å². The van der Waals surface area contributed by atoms with Gasteiger partial charge in [-0.3, -0.25) is 4.79 Å². The number of carbonyl (C=O) groups is 1. The Bertz CT molecular complexity index is 205. The first-order valence-electron chi connectivity index (χ1n) is 4.54. The lowest BCUT2D eigenvalue weighted by Crippen LogP contribution is -2.41. The number of nitrogens with one attached hydrogen (secondary N) is 2. The minimum absolute atomic E-state index is 0. The second-order valence-corrected chi connectivity index (χ2v) is 3.36. The maximum Gasteiger partial charge on any atom is 0.405 e. The fourth-order valence-corrected chi connectivity index (χ4v) is 1.42. The third kappa shape index (κ3) is 5.84. The van der Waals surface area contributed by atoms with Gasteiger partial charge in [-0.1, -0.05) is 0 Å². The quantitative estimate of drug-likeness (QED) is 0.766. The molecule has 0 aromatic heterocycles. The van der Waals surface area contributed by atoms with E-state index in [1.165, 1.54) is 0 Å². The number of piperidine rings is 1. The molecule has 90 valence electrons. The second kappa shape index (κ2) is 6.17. The zero-order valence-electron chi connectivity index (χ0n) is 8.06. The smallest absolute Gasteiger partial charge is 0.347 e. The Morgan fingerprint density at radius 3 is 2.33 bits per heavy atom. The molecule has 2 N–H and O–H groups in total. The summed E-state index contributed by atoms with van der Waals surface area (Å²) in [6.07, 6.45) is -3.09. The Kier molecular flexibility index (Phi) is 5.97. The van der Waals surface area contributed by atoms with E-state index in [1.54, 1.807) is 0 Å². The first-order chi connectivity index (χ1) is 6.49. The average molecular weight is 247 g/mol. The molecule has 0 unspecified atom stereocenters. The van der Waals surface area contributed by atoms with E-state index in [1.807, 2.05) is 5.32 Å². The number of halogens is 4. The molecule has 0 bridgehead atoms. The van der Waals surface area contributed by atoms with Crippen LogP contribution in [-0.2, 0) is 4.79 Å². The monoisotopic (exact) mass is 246 g/mol. The second-order valence-electron chi connectivity index (χ2n) is 3.36. The van der Waals surface area contributed by atoms with Gasteiger partial charge in [-0.05, 0) is 25.9 Å². The van der Waals surface area contributed by atoms with E-state index in [0.717, 1.165) is 0 Å². The minimum atomic E-state index is -4.32. The van der Waals surface area contributed by atoms with Crippen molar-refractivity contribution in [3.8, 4) is 0 Å². The predicted octanol–water partition coefficient (Wildman–Crippen LogP) is 1.09. The zero-order valence-corrected chi connectivity index (χ0v) is 8.88. The highest BCUT2D eigenvalue weighted by atomic mass is 35.5. The van der Waals surface area contributed by atoms with E-state index in [2.05, 4.69) is 5.32 Å². The van der Waals surface area contributed by atoms with Crippen LogP contribution in [0.4, 0.5) is 13.2 Å². The molecule has 0 saturated carbocycles. The highest BCUT2D eigenvalue weighted by Gasteiger charge is 2.29. The first-order valence-corrected chi connectivity index (χ1v) is 4.54. The van der Waals surface area contributed by atoms with Crippen molar-refractivity contribution >= 4 is 18.3 Å². The summed E-state index contributed by atoms with van der Waals surface area (Å²) in [6.45, 7) is 0.171. The Hall–Kier alpha value is -0.490. The number of hydrogen-bond acceptors (Lipinski definition) is 2. The van der Waals surface area contributed by atoms with Crippen molar-refractivity contribution in [2.45, 2.75) is 19.0 Å². The van der Waals surface area contributed by atoms with Gasteiger partial charge < -0.3 is 10.6 Å². The van der Waals surface area contributed by atoms with Crippen LogP contribution in [0.25, 0.3) is 0 Å². The molecule has 0 aromatic rings. The van der Waals surface area contributed by atoms with Crippen LogP contribution in [0.5, 0.6) is 0 Å². The summed E-state index contributed by atoms with van der Waals surface area (Å²) in [5, 5.41) is 4.94. The van der Waals surface area contributed by atoms with E-state index >= 15 is 0 Å². The van der Waals surface area contributed by atoms with Gasteiger partial charge in [0, 0.05) is 5.92 Å². The highest BCUT2D eigenvalue weighted by molar-refractivity contribution is 5.85. The van der Waals surface area contributed by atoms with Crippen molar-refractivity contribution in [2.24, 2.45) is 5.92 Å². The van der Waals surface area contributed by atoms with Crippen molar-refractivity contribution in [3.63, 3.8) is 0 Å². The summed E-state index contributed by atoms with van der Waals surface area (Å²) in [6, 6.07) is 0. The van der Waals surface area contributed by atoms with Crippen molar-refractivity contribution in [2.75, 3.05) is 19.6 Å². The van der Waals surface area contributed by atoms with E-state index < -0.39 is 18.6 Å². The summed E-state index contributed by atoms with van der Waals surface area (Å²) >= 11 is 0. The van der Waals surface area contributed by atoms with Crippen LogP contribution in [-0.4, -0.2) is 31.7 Å². The minimum Gasteiger partial charge on any atom is -0.347 e. The van der Waals surface area contributed by atoms with Crippen LogP contribution < -0.4 is 10.6 Å². The molecule has 1 saturated heterocycles. The summed E-state index contributed by atoms with van der Waals surface area (Å²) in [4.78, 5) is 11.2. The Balaban J connectivity index is 0.00000196. The van der Waals surface area contributed by atoms with Crippen LogP contribution in [0.2, 0.25) is 0 Å². The van der Waals surface area contributed by atoms with Gasteiger partial charge in [0.1, 0.15) is 6.54 Å². The van der Waals surface area contributed by atoms with Gasteiger partial charge in [0.15, 0.2) is 0 Å². The molecule has 1 aliphatic rings. The predicted molar refractivity (Wildman–Crippen MR) is 51.9 cm³/mol. The van der Waals surface area contributed by atoms with Crippen LogP contribution >= 0.6 is 12.4 Å². The Morgan fingerprint density at radius 2 is 1.87 bits per heavy atom. The van der Waals surface area contributed by atoms with Crippen LogP contribution in [0.15, 0.2) is 0 Å². The number of hydrogen-bond donors (Lipinski definition) is 2. The largest absolute Gasteiger partial charge is 0.405 e. The lowest BCUT2D eigenvalue weighted by atomic mass is 9.97. The topological polar surface area (TPSA) is 41.1 Å². The van der Waals surface area contributed by atoms with Gasteiger partial charge in [-0.25, -0.2) is 0 Å². The molecule has 15 heavy (non-hydrogen) atoms. The van der Waals surface area contributed by atoms with Gasteiger partial charge in [0.05, 0.1) is 0 Å². The molecule has 1 amide bonds. The van der Waals surface area contributed by atoms with Crippen LogP contribution in [0.1, 0.15) is 12.8 Å². The summed E-state index contributed by atoms with van der Waals surface area (Å²) < 4.78 is 35.3. The molecule has 0 aliphatic carbocycles.